The van der Waals surface area contributed by atoms with E-state index in [-0.39, 0.29) is 0 Å². The van der Waals surface area contributed by atoms with Gasteiger partial charge in [-0.1, -0.05) is 0 Å². The van der Waals surface area contributed by atoms with Gasteiger partial charge in [-0.15, -0.1) is 10.2 Å². The third kappa shape index (κ3) is 2.61. The van der Waals surface area contributed by atoms with Crippen LogP contribution in [-0.4, -0.2) is 40.9 Å². The third-order valence-corrected chi connectivity index (χ3v) is 3.54. The molecular formula is C14H19N5. The van der Waals surface area contributed by atoms with E-state index in [4.69, 9.17) is 0 Å². The van der Waals surface area contributed by atoms with Crippen LogP contribution < -0.4 is 10.2 Å². The highest BCUT2D eigenvalue weighted by molar-refractivity contribution is 5.60. The molecule has 0 atom stereocenters. The van der Waals surface area contributed by atoms with E-state index < -0.39 is 0 Å². The molecule has 5 nitrogen and oxygen atoms in total. The van der Waals surface area contributed by atoms with Gasteiger partial charge in [0.05, 0.1) is 0 Å². The van der Waals surface area contributed by atoms with Crippen molar-refractivity contribution in [3.63, 3.8) is 0 Å². The molecule has 1 aliphatic heterocycles. The van der Waals surface area contributed by atoms with Crippen LogP contribution in [0.3, 0.4) is 0 Å². The summed E-state index contributed by atoms with van der Waals surface area (Å²) in [5, 5.41) is 11.5. The van der Waals surface area contributed by atoms with Gasteiger partial charge in [0.25, 0.3) is 0 Å². The highest BCUT2D eigenvalue weighted by atomic mass is 15.2. The molecule has 3 rings (SSSR count). The highest BCUT2D eigenvalue weighted by Gasteiger charge is 2.10. The molecule has 2 heterocycles. The molecule has 1 saturated heterocycles. The van der Waals surface area contributed by atoms with Crippen molar-refractivity contribution in [3.8, 4) is 11.4 Å². The minimum absolute atomic E-state index is 0.907. The first kappa shape index (κ1) is 12.2. The van der Waals surface area contributed by atoms with Crippen LogP contribution in [0.4, 0.5) is 5.69 Å². The lowest BCUT2D eigenvalue weighted by Gasteiger charge is -2.22. The van der Waals surface area contributed by atoms with Crippen LogP contribution in [-0.2, 0) is 7.05 Å². The van der Waals surface area contributed by atoms with Gasteiger partial charge in [-0.3, -0.25) is 0 Å². The van der Waals surface area contributed by atoms with Crippen LogP contribution in [0.15, 0.2) is 30.6 Å². The zero-order chi connectivity index (χ0) is 13.1. The molecule has 1 aromatic heterocycles. The van der Waals surface area contributed by atoms with Crippen molar-refractivity contribution < 1.29 is 0 Å². The number of hydrogen-bond donors (Lipinski definition) is 1. The van der Waals surface area contributed by atoms with Crippen molar-refractivity contribution >= 4 is 5.69 Å². The predicted octanol–water partition coefficient (Wildman–Crippen LogP) is 1.28. The number of benzene rings is 1. The number of nitrogens with one attached hydrogen (secondary N) is 1. The van der Waals surface area contributed by atoms with E-state index in [0.717, 1.165) is 37.6 Å². The van der Waals surface area contributed by atoms with E-state index >= 15 is 0 Å². The van der Waals surface area contributed by atoms with E-state index in [1.807, 2.05) is 11.6 Å². The van der Waals surface area contributed by atoms with Gasteiger partial charge in [-0.25, -0.2) is 0 Å². The van der Waals surface area contributed by atoms with Crippen LogP contribution in [0.2, 0.25) is 0 Å². The summed E-state index contributed by atoms with van der Waals surface area (Å²) < 4.78 is 1.94. The zero-order valence-corrected chi connectivity index (χ0v) is 11.2. The topological polar surface area (TPSA) is 46.0 Å². The minimum atomic E-state index is 0.907. The average molecular weight is 257 g/mol. The lowest BCUT2D eigenvalue weighted by Crippen LogP contribution is -2.27. The Bertz CT molecular complexity index is 523. The van der Waals surface area contributed by atoms with Gasteiger partial charge in [-0.2, -0.15) is 0 Å². The van der Waals surface area contributed by atoms with Crippen LogP contribution in [0.5, 0.6) is 0 Å². The van der Waals surface area contributed by atoms with Gasteiger partial charge < -0.3 is 14.8 Å². The molecule has 0 radical (unpaired) electrons. The SMILES string of the molecule is Cn1cnnc1-c1ccc(N2CCCNCC2)cc1. The van der Waals surface area contributed by atoms with Crippen molar-refractivity contribution in [2.24, 2.45) is 7.05 Å². The molecule has 1 aliphatic rings. The summed E-state index contributed by atoms with van der Waals surface area (Å²) in [7, 11) is 1.96. The van der Waals surface area contributed by atoms with Crippen molar-refractivity contribution in [1.29, 1.82) is 0 Å². The van der Waals surface area contributed by atoms with Gasteiger partial charge in [0.15, 0.2) is 5.82 Å². The van der Waals surface area contributed by atoms with Gasteiger partial charge >= 0.3 is 0 Å². The summed E-state index contributed by atoms with van der Waals surface area (Å²) >= 11 is 0. The maximum atomic E-state index is 4.13. The van der Waals surface area contributed by atoms with Gasteiger partial charge in [0.2, 0.25) is 0 Å². The smallest absolute Gasteiger partial charge is 0.163 e. The van der Waals surface area contributed by atoms with E-state index in [9.17, 15) is 0 Å². The highest BCUT2D eigenvalue weighted by Crippen LogP contribution is 2.21. The molecule has 1 N–H and O–H groups in total. The largest absolute Gasteiger partial charge is 0.370 e. The molecule has 0 saturated carbocycles. The van der Waals surface area contributed by atoms with Crippen molar-refractivity contribution in [3.05, 3.63) is 30.6 Å². The fraction of sp³-hybridized carbons (Fsp3) is 0.429. The summed E-state index contributed by atoms with van der Waals surface area (Å²) in [6.45, 7) is 4.37. The lowest BCUT2D eigenvalue weighted by atomic mass is 10.2. The van der Waals surface area contributed by atoms with Crippen LogP contribution >= 0.6 is 0 Å². The predicted molar refractivity (Wildman–Crippen MR) is 76.1 cm³/mol. The first-order valence-electron chi connectivity index (χ1n) is 6.75. The summed E-state index contributed by atoms with van der Waals surface area (Å²) in [6.07, 6.45) is 2.93. The molecule has 0 spiro atoms. The fourth-order valence-corrected chi connectivity index (χ4v) is 2.47. The second kappa shape index (κ2) is 5.40. The van der Waals surface area contributed by atoms with Crippen LogP contribution in [0, 0.1) is 0 Å². The Morgan fingerprint density at radius 3 is 2.68 bits per heavy atom. The van der Waals surface area contributed by atoms with E-state index in [2.05, 4.69) is 44.7 Å². The number of anilines is 1. The molecule has 0 bridgehead atoms. The Kier molecular flexibility index (Phi) is 3.46. The number of hydrogen-bond acceptors (Lipinski definition) is 4. The molecule has 5 heteroatoms. The number of aromatic nitrogens is 3. The molecule has 2 aromatic rings. The van der Waals surface area contributed by atoms with Gasteiger partial charge in [-0.05, 0) is 37.2 Å². The molecule has 1 aromatic carbocycles. The second-order valence-electron chi connectivity index (χ2n) is 4.90. The van der Waals surface area contributed by atoms with Crippen LogP contribution in [0.1, 0.15) is 6.42 Å². The molecule has 100 valence electrons. The maximum Gasteiger partial charge on any atom is 0.163 e. The number of nitrogens with zero attached hydrogens (tertiary/aromatic N) is 4. The van der Waals surface area contributed by atoms with Crippen molar-refractivity contribution in [1.82, 2.24) is 20.1 Å². The van der Waals surface area contributed by atoms with Gasteiger partial charge in [0.1, 0.15) is 6.33 Å². The summed E-state index contributed by atoms with van der Waals surface area (Å²) in [6, 6.07) is 8.60. The molecule has 1 fully saturated rings. The van der Waals surface area contributed by atoms with Crippen molar-refractivity contribution in [2.45, 2.75) is 6.42 Å². The normalized spacial score (nSPS) is 16.4. The molecule has 0 amide bonds. The molecule has 19 heavy (non-hydrogen) atoms. The Labute approximate surface area is 113 Å². The first-order chi connectivity index (χ1) is 9.34. The third-order valence-electron chi connectivity index (χ3n) is 3.54. The Balaban J connectivity index is 1.80. The number of rotatable bonds is 2. The summed E-state index contributed by atoms with van der Waals surface area (Å²) in [5.74, 6) is 0.907. The Hall–Kier alpha value is -1.88. The number of aryl methyl sites for hydroxylation is 1. The van der Waals surface area contributed by atoms with Gasteiger partial charge in [0, 0.05) is 37.9 Å². The van der Waals surface area contributed by atoms with E-state index in [0.29, 0.717) is 0 Å². The molecular weight excluding hydrogens is 238 g/mol. The summed E-state index contributed by atoms with van der Waals surface area (Å²) in [5.41, 5.74) is 2.39. The van der Waals surface area contributed by atoms with E-state index in [1.54, 1.807) is 6.33 Å². The molecule has 0 unspecified atom stereocenters. The standard InChI is InChI=1S/C14H19N5/c1-18-11-16-17-14(18)12-3-5-13(6-4-12)19-9-2-7-15-8-10-19/h3-6,11,15H,2,7-10H2,1H3. The first-order valence-corrected chi connectivity index (χ1v) is 6.75. The Morgan fingerprint density at radius 2 is 1.95 bits per heavy atom. The second-order valence-corrected chi connectivity index (χ2v) is 4.90. The zero-order valence-electron chi connectivity index (χ0n) is 11.2. The van der Waals surface area contributed by atoms with Crippen LogP contribution in [0.25, 0.3) is 11.4 Å². The Morgan fingerprint density at radius 1 is 1.11 bits per heavy atom. The lowest BCUT2D eigenvalue weighted by molar-refractivity contribution is 0.724. The quantitative estimate of drug-likeness (QED) is 0.880. The van der Waals surface area contributed by atoms with E-state index in [1.165, 1.54) is 12.1 Å². The maximum absolute atomic E-state index is 4.13. The van der Waals surface area contributed by atoms with Crippen molar-refractivity contribution in [2.75, 3.05) is 31.1 Å². The fourth-order valence-electron chi connectivity index (χ4n) is 2.47. The monoisotopic (exact) mass is 257 g/mol. The average Bonchev–Trinajstić information content (AvgIpc) is 2.71. The minimum Gasteiger partial charge on any atom is -0.370 e. The molecule has 0 aliphatic carbocycles. The summed E-state index contributed by atoms with van der Waals surface area (Å²) in [4.78, 5) is 2.43.